The van der Waals surface area contributed by atoms with Crippen molar-refractivity contribution in [3.8, 4) is 0 Å². The number of hydrogen-bond donors (Lipinski definition) is 2. The summed E-state index contributed by atoms with van der Waals surface area (Å²) in [6.45, 7) is 4.28. The zero-order chi connectivity index (χ0) is 18.4. The predicted octanol–water partition coefficient (Wildman–Crippen LogP) is -1.37. The minimum Gasteiger partial charge on any atom is -0.463 e. The molecule has 1 aliphatic heterocycles. The monoisotopic (exact) mass is 347 g/mol. The van der Waals surface area contributed by atoms with Gasteiger partial charge in [0.25, 0.3) is 0 Å². The predicted molar refractivity (Wildman–Crippen MR) is 76.2 cm³/mol. The molecule has 5 atom stereocenters. The third-order valence-corrected chi connectivity index (χ3v) is 3.09. The van der Waals surface area contributed by atoms with Gasteiger partial charge in [0.1, 0.15) is 18.8 Å². The van der Waals surface area contributed by atoms with Gasteiger partial charge < -0.3 is 29.4 Å². The molecule has 1 aliphatic rings. The number of carbonyl (C=O) groups excluding carboxylic acids is 4. The van der Waals surface area contributed by atoms with Crippen molar-refractivity contribution in [2.45, 2.75) is 58.3 Å². The molecule has 2 N–H and O–H groups in total. The molecule has 0 saturated carbocycles. The van der Waals surface area contributed by atoms with Gasteiger partial charge in [-0.2, -0.15) is 0 Å². The minimum absolute atomic E-state index is 0.338. The number of carbonyl (C=O) groups is 4. The molecule has 10 nitrogen and oxygen atoms in total. The Bertz CT molecular complexity index is 506. The lowest BCUT2D eigenvalue weighted by molar-refractivity contribution is -0.264. The molecule has 136 valence electrons. The van der Waals surface area contributed by atoms with Crippen molar-refractivity contribution in [3.63, 3.8) is 0 Å². The fourth-order valence-corrected chi connectivity index (χ4v) is 2.31. The highest BCUT2D eigenvalue weighted by atomic mass is 16.7. The first kappa shape index (κ1) is 19.8. The van der Waals surface area contributed by atoms with E-state index in [0.717, 1.165) is 13.8 Å². The summed E-state index contributed by atoms with van der Waals surface area (Å²) in [6.07, 6.45) is -5.06. The zero-order valence-corrected chi connectivity index (χ0v) is 13.8. The lowest BCUT2D eigenvalue weighted by Gasteiger charge is -2.43. The van der Waals surface area contributed by atoms with E-state index in [1.54, 1.807) is 0 Å². The molecule has 1 amide bonds. The average molecular weight is 347 g/mol. The van der Waals surface area contributed by atoms with Gasteiger partial charge in [0.2, 0.25) is 5.91 Å². The molecule has 0 aromatic carbocycles. The molecule has 10 heteroatoms. The maximum atomic E-state index is 11.4. The van der Waals surface area contributed by atoms with E-state index in [2.05, 4.69) is 5.32 Å². The Hall–Kier alpha value is -2.20. The molecule has 0 spiro atoms. The molecule has 0 aliphatic carbocycles. The van der Waals surface area contributed by atoms with Crippen LogP contribution in [0.5, 0.6) is 0 Å². The van der Waals surface area contributed by atoms with Crippen molar-refractivity contribution in [1.29, 1.82) is 0 Å². The summed E-state index contributed by atoms with van der Waals surface area (Å²) in [5, 5.41) is 12.5. The standard InChI is InChI=1S/C14H21NO9/c1-6(16)15-11-13(23-9(4)19)12(22-8(3)18)10(24-14(11)20)5-21-7(2)17/h10-14,20H,5H2,1-4H3,(H,15,16)/t10?,11-,12+,13-,14+/m0/s1. The van der Waals surface area contributed by atoms with Crippen molar-refractivity contribution in [2.75, 3.05) is 6.61 Å². The van der Waals surface area contributed by atoms with Crippen LogP contribution in [-0.4, -0.2) is 66.2 Å². The first-order valence-corrected chi connectivity index (χ1v) is 7.20. The molecule has 1 heterocycles. The molecule has 1 rings (SSSR count). The molecule has 0 radical (unpaired) electrons. The Labute approximate surface area is 138 Å². The van der Waals surface area contributed by atoms with E-state index in [-0.39, 0.29) is 6.61 Å². The van der Waals surface area contributed by atoms with Crippen LogP contribution in [0.1, 0.15) is 27.7 Å². The summed E-state index contributed by atoms with van der Waals surface area (Å²) in [5.41, 5.74) is 0. The Balaban J connectivity index is 3.11. The second-order valence-electron chi connectivity index (χ2n) is 5.24. The molecular weight excluding hydrogens is 326 g/mol. The quantitative estimate of drug-likeness (QED) is 0.456. The Kier molecular flexibility index (Phi) is 7.11. The van der Waals surface area contributed by atoms with Crippen LogP contribution in [0.2, 0.25) is 0 Å². The number of aliphatic hydroxyl groups excluding tert-OH is 1. The molecule has 0 aromatic rings. The molecule has 1 unspecified atom stereocenters. The zero-order valence-electron chi connectivity index (χ0n) is 13.8. The number of amides is 1. The van der Waals surface area contributed by atoms with E-state index in [9.17, 15) is 24.3 Å². The van der Waals surface area contributed by atoms with Gasteiger partial charge in [0, 0.05) is 27.7 Å². The van der Waals surface area contributed by atoms with Crippen molar-refractivity contribution in [3.05, 3.63) is 0 Å². The molecule has 24 heavy (non-hydrogen) atoms. The normalized spacial score (nSPS) is 29.3. The lowest BCUT2D eigenvalue weighted by Crippen LogP contribution is -2.66. The van der Waals surface area contributed by atoms with Crippen LogP contribution in [0.3, 0.4) is 0 Å². The van der Waals surface area contributed by atoms with Gasteiger partial charge in [-0.3, -0.25) is 19.2 Å². The van der Waals surface area contributed by atoms with E-state index in [4.69, 9.17) is 18.9 Å². The van der Waals surface area contributed by atoms with Gasteiger partial charge in [-0.25, -0.2) is 0 Å². The number of esters is 3. The maximum Gasteiger partial charge on any atom is 0.303 e. The molecule has 1 saturated heterocycles. The third-order valence-electron chi connectivity index (χ3n) is 3.09. The summed E-state index contributed by atoms with van der Waals surface area (Å²) in [5.74, 6) is -2.54. The van der Waals surface area contributed by atoms with E-state index in [1.165, 1.54) is 13.8 Å². The number of ether oxygens (including phenoxy) is 4. The van der Waals surface area contributed by atoms with E-state index >= 15 is 0 Å². The average Bonchev–Trinajstić information content (AvgIpc) is 2.42. The van der Waals surface area contributed by atoms with Gasteiger partial charge in [-0.15, -0.1) is 0 Å². The third kappa shape index (κ3) is 5.78. The minimum atomic E-state index is -1.56. The highest BCUT2D eigenvalue weighted by Crippen LogP contribution is 2.26. The smallest absolute Gasteiger partial charge is 0.303 e. The van der Waals surface area contributed by atoms with Gasteiger partial charge in [0.15, 0.2) is 18.5 Å². The fraction of sp³-hybridized carbons (Fsp3) is 0.714. The van der Waals surface area contributed by atoms with Gasteiger partial charge in [-0.05, 0) is 0 Å². The first-order valence-electron chi connectivity index (χ1n) is 7.20. The molecular formula is C14H21NO9. The van der Waals surface area contributed by atoms with E-state index in [1.807, 2.05) is 0 Å². The second-order valence-corrected chi connectivity index (χ2v) is 5.24. The Morgan fingerprint density at radius 1 is 0.958 bits per heavy atom. The van der Waals surface area contributed by atoms with Crippen molar-refractivity contribution >= 4 is 23.8 Å². The summed E-state index contributed by atoms with van der Waals surface area (Å²) in [6, 6.07) is -1.16. The topological polar surface area (TPSA) is 137 Å². The SMILES string of the molecule is CC(=O)N[C@H]1[C@H](OC(C)=O)[C@H](OC(C)=O)C(COC(C)=O)O[C@H]1O. The van der Waals surface area contributed by atoms with Crippen LogP contribution >= 0.6 is 0 Å². The summed E-state index contributed by atoms with van der Waals surface area (Å²) in [7, 11) is 0. The van der Waals surface area contributed by atoms with Gasteiger partial charge in [-0.1, -0.05) is 0 Å². The highest BCUT2D eigenvalue weighted by Gasteiger charge is 2.50. The van der Waals surface area contributed by atoms with Crippen LogP contribution in [0.15, 0.2) is 0 Å². The van der Waals surface area contributed by atoms with Gasteiger partial charge in [0.05, 0.1) is 0 Å². The number of hydrogen-bond acceptors (Lipinski definition) is 9. The van der Waals surface area contributed by atoms with Crippen LogP contribution in [0, 0.1) is 0 Å². The van der Waals surface area contributed by atoms with Crippen molar-refractivity contribution in [1.82, 2.24) is 5.32 Å². The maximum absolute atomic E-state index is 11.4. The van der Waals surface area contributed by atoms with E-state index in [0.29, 0.717) is 0 Å². The summed E-state index contributed by atoms with van der Waals surface area (Å²) in [4.78, 5) is 45.0. The summed E-state index contributed by atoms with van der Waals surface area (Å²) < 4.78 is 20.3. The second kappa shape index (κ2) is 8.60. The number of rotatable bonds is 5. The molecule has 1 fully saturated rings. The van der Waals surface area contributed by atoms with Crippen LogP contribution < -0.4 is 5.32 Å². The Morgan fingerprint density at radius 2 is 1.50 bits per heavy atom. The highest BCUT2D eigenvalue weighted by molar-refractivity contribution is 5.73. The lowest BCUT2D eigenvalue weighted by atomic mass is 9.96. The van der Waals surface area contributed by atoms with E-state index < -0.39 is 54.5 Å². The number of nitrogens with one attached hydrogen (secondary N) is 1. The van der Waals surface area contributed by atoms with Crippen molar-refractivity contribution < 1.29 is 43.2 Å². The Morgan fingerprint density at radius 3 is 1.96 bits per heavy atom. The largest absolute Gasteiger partial charge is 0.463 e. The number of aliphatic hydroxyl groups is 1. The summed E-state index contributed by atoms with van der Waals surface area (Å²) >= 11 is 0. The molecule has 0 aromatic heterocycles. The van der Waals surface area contributed by atoms with Crippen LogP contribution in [0.25, 0.3) is 0 Å². The van der Waals surface area contributed by atoms with Crippen LogP contribution in [-0.2, 0) is 38.1 Å². The fourth-order valence-electron chi connectivity index (χ4n) is 2.31. The van der Waals surface area contributed by atoms with Gasteiger partial charge >= 0.3 is 17.9 Å². The van der Waals surface area contributed by atoms with Crippen LogP contribution in [0.4, 0.5) is 0 Å². The molecule has 0 bridgehead atoms. The first-order chi connectivity index (χ1) is 11.1. The van der Waals surface area contributed by atoms with Crippen molar-refractivity contribution in [2.24, 2.45) is 0 Å².